The molecule has 0 saturated heterocycles. The molecule has 0 N–H and O–H groups in total. The van der Waals surface area contributed by atoms with Crippen molar-refractivity contribution in [1.82, 2.24) is 0 Å². The maximum absolute atomic E-state index is 8.09. The molecule has 0 amide bonds. The molecular weight excluding hydrogens is 759 g/mol. The fourth-order valence-electron chi connectivity index (χ4n) is 11.0. The minimum absolute atomic E-state index is 0.508. The Morgan fingerprint density at radius 1 is 0.270 bits per heavy atom. The van der Waals surface area contributed by atoms with Crippen molar-refractivity contribution >= 4 is 17.1 Å². The summed E-state index contributed by atoms with van der Waals surface area (Å²) in [5, 5.41) is 0. The molecular formula is C62H43N. The lowest BCUT2D eigenvalue weighted by Gasteiger charge is -2.36. The van der Waals surface area contributed by atoms with E-state index in [-0.39, 0.29) is 0 Å². The van der Waals surface area contributed by atoms with E-state index in [0.717, 1.165) is 28.2 Å². The third-order valence-electron chi connectivity index (χ3n) is 13.6. The van der Waals surface area contributed by atoms with E-state index in [1.54, 1.807) is 0 Å². The van der Waals surface area contributed by atoms with Gasteiger partial charge in [-0.25, -0.2) is 0 Å². The second-order valence-corrected chi connectivity index (χ2v) is 16.7. The van der Waals surface area contributed by atoms with Crippen LogP contribution in [0.4, 0.5) is 17.1 Å². The van der Waals surface area contributed by atoms with Crippen LogP contribution < -0.4 is 4.90 Å². The third kappa shape index (κ3) is 5.56. The summed E-state index contributed by atoms with van der Waals surface area (Å²) in [6.45, 7) is 0. The number of anilines is 3. The second-order valence-electron chi connectivity index (χ2n) is 16.7. The molecule has 296 valence electrons. The molecule has 0 unspecified atom stereocenters. The molecule has 0 aromatic heterocycles. The van der Waals surface area contributed by atoms with Gasteiger partial charge in [0, 0.05) is 17.1 Å². The highest BCUT2D eigenvalue weighted by atomic mass is 15.1. The average Bonchev–Trinajstić information content (AvgIpc) is 3.83. The zero-order valence-electron chi connectivity index (χ0n) is 35.7. The summed E-state index contributed by atoms with van der Waals surface area (Å²) in [6, 6.07) is 93.5. The first-order chi connectivity index (χ1) is 31.7. The van der Waals surface area contributed by atoms with Crippen molar-refractivity contribution in [3.05, 3.63) is 305 Å². The number of fused-ring (bicyclic) bond motifs is 6. The molecule has 0 aliphatic heterocycles. The van der Waals surface area contributed by atoms with Gasteiger partial charge in [0.1, 0.15) is 0 Å². The van der Waals surface area contributed by atoms with Crippen LogP contribution in [0.2, 0.25) is 0 Å². The van der Waals surface area contributed by atoms with Gasteiger partial charge in [0.25, 0.3) is 0 Å². The van der Waals surface area contributed by atoms with Gasteiger partial charge in [0.2, 0.25) is 0 Å². The SMILES string of the molecule is [2H]c1ccc(-c2ccc(N(c3ccc4c(c3)C(c3ccccc3)(c3ccccc3)c3ccccc3-4)c3ccc4c(c3)C(c3ccccc3)(c3ccccc3)c3ccccc3-4)cc2)cc1. The summed E-state index contributed by atoms with van der Waals surface area (Å²) in [5.41, 5.74) is 19.4. The molecule has 12 rings (SSSR count). The van der Waals surface area contributed by atoms with E-state index in [2.05, 4.69) is 235 Å². The fraction of sp³-hybridized carbons (Fsp3) is 0.0323. The number of nitrogens with zero attached hydrogens (tertiary/aromatic N) is 1. The standard InChI is InChI=1S/C62H43N/c1-6-20-44(21-7-1)45-34-36-50(37-35-45)63(51-38-40-55-53-30-16-18-32-57(53)61(59(55)42-51,46-22-8-2-9-23-46)47-24-10-3-11-25-47)52-39-41-56-54-31-17-19-33-58(54)62(60(56)43-52,48-26-12-4-13-27-48)49-28-14-5-15-29-49/h1-43H/i1D. The Hall–Kier alpha value is -8.00. The fourth-order valence-corrected chi connectivity index (χ4v) is 11.0. The summed E-state index contributed by atoms with van der Waals surface area (Å²) < 4.78 is 8.09. The van der Waals surface area contributed by atoms with E-state index >= 15 is 0 Å². The third-order valence-corrected chi connectivity index (χ3v) is 13.6. The molecule has 0 atom stereocenters. The van der Waals surface area contributed by atoms with Gasteiger partial charge in [-0.05, 0) is 114 Å². The highest BCUT2D eigenvalue weighted by Gasteiger charge is 2.48. The zero-order valence-corrected chi connectivity index (χ0v) is 34.7. The molecule has 2 aliphatic rings. The lowest BCUT2D eigenvalue weighted by atomic mass is 9.67. The molecule has 63 heavy (non-hydrogen) atoms. The monoisotopic (exact) mass is 802 g/mol. The van der Waals surface area contributed by atoms with Gasteiger partial charge in [-0.15, -0.1) is 0 Å². The summed E-state index contributed by atoms with van der Waals surface area (Å²) in [4.78, 5) is 2.45. The minimum Gasteiger partial charge on any atom is -0.310 e. The van der Waals surface area contributed by atoms with Crippen molar-refractivity contribution < 1.29 is 1.37 Å². The molecule has 10 aromatic rings. The van der Waals surface area contributed by atoms with Crippen LogP contribution in [-0.4, -0.2) is 0 Å². The Morgan fingerprint density at radius 2 is 0.603 bits per heavy atom. The molecule has 0 saturated carbocycles. The van der Waals surface area contributed by atoms with Gasteiger partial charge < -0.3 is 4.90 Å². The molecule has 0 fully saturated rings. The van der Waals surface area contributed by atoms with E-state index in [4.69, 9.17) is 1.37 Å². The Bertz CT molecular complexity index is 3040. The van der Waals surface area contributed by atoms with Gasteiger partial charge in [-0.2, -0.15) is 0 Å². The van der Waals surface area contributed by atoms with E-state index in [1.165, 1.54) is 66.8 Å². The van der Waals surface area contributed by atoms with Crippen LogP contribution in [0.1, 0.15) is 45.9 Å². The van der Waals surface area contributed by atoms with Crippen molar-refractivity contribution in [1.29, 1.82) is 0 Å². The zero-order chi connectivity index (χ0) is 42.7. The minimum atomic E-state index is -0.542. The molecule has 0 bridgehead atoms. The number of benzene rings is 10. The summed E-state index contributed by atoms with van der Waals surface area (Å²) in [7, 11) is 0. The van der Waals surface area contributed by atoms with Crippen molar-refractivity contribution in [2.24, 2.45) is 0 Å². The lowest BCUT2D eigenvalue weighted by Crippen LogP contribution is -2.29. The Kier molecular flexibility index (Phi) is 8.43. The lowest BCUT2D eigenvalue weighted by molar-refractivity contribution is 0.767. The maximum Gasteiger partial charge on any atom is 0.0714 e. The summed E-state index contributed by atoms with van der Waals surface area (Å²) in [6.07, 6.45) is 0. The van der Waals surface area contributed by atoms with Gasteiger partial charge in [-0.1, -0.05) is 224 Å². The quantitative estimate of drug-likeness (QED) is 0.148. The highest BCUT2D eigenvalue weighted by molar-refractivity contribution is 5.92. The van der Waals surface area contributed by atoms with E-state index in [1.807, 2.05) is 24.3 Å². The van der Waals surface area contributed by atoms with Crippen molar-refractivity contribution in [2.75, 3.05) is 4.90 Å². The first-order valence-corrected chi connectivity index (χ1v) is 21.8. The van der Waals surface area contributed by atoms with Crippen LogP contribution in [0, 0.1) is 0 Å². The van der Waals surface area contributed by atoms with Crippen LogP contribution in [0.25, 0.3) is 33.4 Å². The number of hydrogen-bond donors (Lipinski definition) is 0. The van der Waals surface area contributed by atoms with Gasteiger partial charge in [-0.3, -0.25) is 0 Å². The average molecular weight is 803 g/mol. The summed E-state index contributed by atoms with van der Waals surface area (Å²) in [5.74, 6) is 0. The van der Waals surface area contributed by atoms with Crippen LogP contribution in [0.3, 0.4) is 0 Å². The molecule has 2 aliphatic carbocycles. The van der Waals surface area contributed by atoms with Crippen molar-refractivity contribution in [3.8, 4) is 33.4 Å². The summed E-state index contributed by atoms with van der Waals surface area (Å²) >= 11 is 0. The van der Waals surface area contributed by atoms with Gasteiger partial charge >= 0.3 is 0 Å². The molecule has 0 heterocycles. The smallest absolute Gasteiger partial charge is 0.0714 e. The number of rotatable bonds is 8. The van der Waals surface area contributed by atoms with Gasteiger partial charge in [0.15, 0.2) is 0 Å². The number of hydrogen-bond acceptors (Lipinski definition) is 1. The topological polar surface area (TPSA) is 3.24 Å². The molecule has 0 spiro atoms. The first-order valence-electron chi connectivity index (χ1n) is 22.3. The van der Waals surface area contributed by atoms with E-state index in [0.29, 0.717) is 6.04 Å². The van der Waals surface area contributed by atoms with Gasteiger partial charge in [0.05, 0.1) is 12.2 Å². The maximum atomic E-state index is 8.09. The molecule has 0 radical (unpaired) electrons. The second kappa shape index (κ2) is 14.9. The first kappa shape index (κ1) is 35.7. The van der Waals surface area contributed by atoms with Crippen LogP contribution >= 0.6 is 0 Å². The van der Waals surface area contributed by atoms with Crippen molar-refractivity contribution in [3.63, 3.8) is 0 Å². The largest absolute Gasteiger partial charge is 0.310 e. The van der Waals surface area contributed by atoms with Crippen LogP contribution in [0.5, 0.6) is 0 Å². The van der Waals surface area contributed by atoms with Crippen LogP contribution in [-0.2, 0) is 10.8 Å². The molecule has 1 heteroatoms. The molecule has 10 aromatic carbocycles. The van der Waals surface area contributed by atoms with E-state index < -0.39 is 10.8 Å². The Morgan fingerprint density at radius 3 is 1.02 bits per heavy atom. The van der Waals surface area contributed by atoms with Crippen molar-refractivity contribution in [2.45, 2.75) is 10.8 Å². The Balaban J connectivity index is 1.12. The highest BCUT2D eigenvalue weighted by Crippen LogP contribution is 2.59. The van der Waals surface area contributed by atoms with Crippen LogP contribution in [0.15, 0.2) is 261 Å². The van der Waals surface area contributed by atoms with E-state index in [9.17, 15) is 0 Å². The molecule has 1 nitrogen and oxygen atoms in total. The Labute approximate surface area is 371 Å². The normalized spacial score (nSPS) is 13.9. The predicted molar refractivity (Wildman–Crippen MR) is 261 cm³/mol. The predicted octanol–water partition coefficient (Wildman–Crippen LogP) is 15.5.